The van der Waals surface area contributed by atoms with Crippen molar-refractivity contribution in [3.05, 3.63) is 23.8 Å². The van der Waals surface area contributed by atoms with Gasteiger partial charge in [-0.05, 0) is 43.6 Å². The second-order valence-electron chi connectivity index (χ2n) is 4.37. The van der Waals surface area contributed by atoms with Gasteiger partial charge in [-0.1, -0.05) is 19.9 Å². The number of benzene rings is 1. The molecule has 0 aliphatic carbocycles. The predicted molar refractivity (Wildman–Crippen MR) is 75.7 cm³/mol. The summed E-state index contributed by atoms with van der Waals surface area (Å²) in [5.74, 6) is 1.61. The summed E-state index contributed by atoms with van der Waals surface area (Å²) < 4.78 is 10.6. The number of hydrogen-bond donors (Lipinski definition) is 0. The zero-order valence-electron chi connectivity index (χ0n) is 12.0. The molecular weight excluding hydrogens is 226 g/mol. The van der Waals surface area contributed by atoms with E-state index in [9.17, 15) is 0 Å². The molecule has 0 N–H and O–H groups in total. The fourth-order valence-electron chi connectivity index (χ4n) is 2.07. The van der Waals surface area contributed by atoms with Gasteiger partial charge in [0.2, 0.25) is 0 Å². The van der Waals surface area contributed by atoms with Crippen molar-refractivity contribution in [2.24, 2.45) is 0 Å². The number of rotatable bonds is 8. The molecule has 0 atom stereocenters. The molecule has 0 saturated carbocycles. The van der Waals surface area contributed by atoms with Gasteiger partial charge >= 0.3 is 0 Å². The van der Waals surface area contributed by atoms with Gasteiger partial charge in [0, 0.05) is 6.54 Å². The number of nitrogens with zero attached hydrogens (tertiary/aromatic N) is 1. The standard InChI is InChI=1S/C15H25NO2/c1-5-10-16(6-2)11-9-13-7-8-14(17-3)15(12-13)18-4/h7-8,12H,5-6,9-11H2,1-4H3. The molecule has 0 amide bonds. The van der Waals surface area contributed by atoms with Crippen LogP contribution in [0.4, 0.5) is 0 Å². The lowest BCUT2D eigenvalue weighted by Gasteiger charge is -2.19. The van der Waals surface area contributed by atoms with Gasteiger partial charge in [-0.2, -0.15) is 0 Å². The van der Waals surface area contributed by atoms with Gasteiger partial charge in [-0.3, -0.25) is 0 Å². The summed E-state index contributed by atoms with van der Waals surface area (Å²) in [5, 5.41) is 0. The largest absolute Gasteiger partial charge is 0.493 e. The van der Waals surface area contributed by atoms with Crippen molar-refractivity contribution in [3.63, 3.8) is 0 Å². The van der Waals surface area contributed by atoms with E-state index in [2.05, 4.69) is 30.9 Å². The van der Waals surface area contributed by atoms with Crippen molar-refractivity contribution in [1.82, 2.24) is 4.90 Å². The van der Waals surface area contributed by atoms with Crippen molar-refractivity contribution >= 4 is 0 Å². The molecule has 1 rings (SSSR count). The van der Waals surface area contributed by atoms with E-state index in [-0.39, 0.29) is 0 Å². The van der Waals surface area contributed by atoms with Gasteiger partial charge in [-0.25, -0.2) is 0 Å². The lowest BCUT2D eigenvalue weighted by molar-refractivity contribution is 0.292. The maximum Gasteiger partial charge on any atom is 0.160 e. The minimum absolute atomic E-state index is 0.794. The molecule has 3 nitrogen and oxygen atoms in total. The van der Waals surface area contributed by atoms with Crippen LogP contribution in [0.3, 0.4) is 0 Å². The molecule has 1 aromatic carbocycles. The van der Waals surface area contributed by atoms with Crippen LogP contribution in [0.2, 0.25) is 0 Å². The van der Waals surface area contributed by atoms with Crippen LogP contribution in [0.25, 0.3) is 0 Å². The average molecular weight is 251 g/mol. The number of ether oxygens (including phenoxy) is 2. The minimum atomic E-state index is 0.794. The maximum absolute atomic E-state index is 5.32. The van der Waals surface area contributed by atoms with E-state index in [1.165, 1.54) is 18.5 Å². The van der Waals surface area contributed by atoms with E-state index in [1.54, 1.807) is 14.2 Å². The number of methoxy groups -OCH3 is 2. The van der Waals surface area contributed by atoms with Crippen molar-refractivity contribution < 1.29 is 9.47 Å². The van der Waals surface area contributed by atoms with Gasteiger partial charge in [0.05, 0.1) is 14.2 Å². The van der Waals surface area contributed by atoms with Crippen LogP contribution in [0.1, 0.15) is 25.8 Å². The monoisotopic (exact) mass is 251 g/mol. The second-order valence-corrected chi connectivity index (χ2v) is 4.37. The number of hydrogen-bond acceptors (Lipinski definition) is 3. The molecule has 1 aromatic rings. The lowest BCUT2D eigenvalue weighted by Crippen LogP contribution is -2.26. The highest BCUT2D eigenvalue weighted by atomic mass is 16.5. The highest BCUT2D eigenvalue weighted by molar-refractivity contribution is 5.42. The average Bonchev–Trinajstić information content (AvgIpc) is 2.42. The van der Waals surface area contributed by atoms with Gasteiger partial charge in [-0.15, -0.1) is 0 Å². The zero-order chi connectivity index (χ0) is 13.4. The Morgan fingerprint density at radius 1 is 1.00 bits per heavy atom. The molecule has 0 aliphatic heterocycles. The Morgan fingerprint density at radius 2 is 1.72 bits per heavy atom. The third kappa shape index (κ3) is 4.22. The molecule has 102 valence electrons. The molecule has 0 bridgehead atoms. The van der Waals surface area contributed by atoms with Crippen molar-refractivity contribution in [2.75, 3.05) is 33.9 Å². The lowest BCUT2D eigenvalue weighted by atomic mass is 10.1. The molecule has 0 unspecified atom stereocenters. The summed E-state index contributed by atoms with van der Waals surface area (Å²) in [4.78, 5) is 2.47. The van der Waals surface area contributed by atoms with Crippen LogP contribution in [-0.2, 0) is 6.42 Å². The van der Waals surface area contributed by atoms with Crippen LogP contribution in [0.15, 0.2) is 18.2 Å². The molecule has 0 radical (unpaired) electrons. The third-order valence-corrected chi connectivity index (χ3v) is 3.15. The molecule has 0 heterocycles. The predicted octanol–water partition coefficient (Wildman–Crippen LogP) is 2.98. The summed E-state index contributed by atoms with van der Waals surface area (Å²) in [5.41, 5.74) is 1.29. The Balaban J connectivity index is 2.61. The van der Waals surface area contributed by atoms with Gasteiger partial charge in [0.15, 0.2) is 11.5 Å². The van der Waals surface area contributed by atoms with E-state index in [1.807, 2.05) is 6.07 Å². The minimum Gasteiger partial charge on any atom is -0.493 e. The topological polar surface area (TPSA) is 21.7 Å². The van der Waals surface area contributed by atoms with E-state index in [0.717, 1.165) is 31.0 Å². The van der Waals surface area contributed by atoms with Crippen molar-refractivity contribution in [1.29, 1.82) is 0 Å². The summed E-state index contributed by atoms with van der Waals surface area (Å²) >= 11 is 0. The summed E-state index contributed by atoms with van der Waals surface area (Å²) in [6, 6.07) is 6.16. The fourth-order valence-corrected chi connectivity index (χ4v) is 2.07. The highest BCUT2D eigenvalue weighted by Gasteiger charge is 2.06. The maximum atomic E-state index is 5.32. The third-order valence-electron chi connectivity index (χ3n) is 3.15. The van der Waals surface area contributed by atoms with E-state index in [4.69, 9.17) is 9.47 Å². The molecule has 0 saturated heterocycles. The summed E-state index contributed by atoms with van der Waals surface area (Å²) in [7, 11) is 3.34. The number of likely N-dealkylation sites (N-methyl/N-ethyl adjacent to an activating group) is 1. The molecule has 0 aliphatic rings. The quantitative estimate of drug-likeness (QED) is 0.709. The molecule has 18 heavy (non-hydrogen) atoms. The zero-order valence-corrected chi connectivity index (χ0v) is 12.0. The Hall–Kier alpha value is -1.22. The highest BCUT2D eigenvalue weighted by Crippen LogP contribution is 2.27. The molecule has 0 aromatic heterocycles. The van der Waals surface area contributed by atoms with E-state index in [0.29, 0.717) is 0 Å². The van der Waals surface area contributed by atoms with E-state index < -0.39 is 0 Å². The Labute approximate surface area is 111 Å². The normalized spacial score (nSPS) is 10.7. The van der Waals surface area contributed by atoms with Crippen LogP contribution in [0, 0.1) is 0 Å². The van der Waals surface area contributed by atoms with Crippen molar-refractivity contribution in [2.45, 2.75) is 26.7 Å². The summed E-state index contributed by atoms with van der Waals surface area (Å²) in [6.07, 6.45) is 2.26. The molecule has 0 spiro atoms. The first-order chi connectivity index (χ1) is 8.74. The summed E-state index contributed by atoms with van der Waals surface area (Å²) in [6.45, 7) is 7.81. The first-order valence-electron chi connectivity index (χ1n) is 6.68. The van der Waals surface area contributed by atoms with Gasteiger partial charge in [0.1, 0.15) is 0 Å². The molecular formula is C15H25NO2. The van der Waals surface area contributed by atoms with Gasteiger partial charge < -0.3 is 14.4 Å². The first kappa shape index (κ1) is 14.8. The van der Waals surface area contributed by atoms with Gasteiger partial charge in [0.25, 0.3) is 0 Å². The van der Waals surface area contributed by atoms with Crippen LogP contribution < -0.4 is 9.47 Å². The molecule has 0 fully saturated rings. The molecule has 3 heteroatoms. The van der Waals surface area contributed by atoms with Crippen LogP contribution in [-0.4, -0.2) is 38.8 Å². The Morgan fingerprint density at radius 3 is 2.28 bits per heavy atom. The first-order valence-corrected chi connectivity index (χ1v) is 6.68. The Bertz CT molecular complexity index is 352. The van der Waals surface area contributed by atoms with Crippen LogP contribution in [0.5, 0.6) is 11.5 Å². The van der Waals surface area contributed by atoms with Crippen molar-refractivity contribution in [3.8, 4) is 11.5 Å². The second kappa shape index (κ2) is 7.98. The fraction of sp³-hybridized carbons (Fsp3) is 0.600. The smallest absolute Gasteiger partial charge is 0.160 e. The SMILES string of the molecule is CCCN(CC)CCc1ccc(OC)c(OC)c1. The van der Waals surface area contributed by atoms with E-state index >= 15 is 0 Å². The Kier molecular flexibility index (Phi) is 6.58. The van der Waals surface area contributed by atoms with Crippen LogP contribution >= 0.6 is 0 Å².